The van der Waals surface area contributed by atoms with E-state index >= 15 is 0 Å². The van der Waals surface area contributed by atoms with E-state index in [0.717, 1.165) is 22.9 Å². The van der Waals surface area contributed by atoms with Gasteiger partial charge >= 0.3 is 0 Å². The predicted octanol–water partition coefficient (Wildman–Crippen LogP) is 2.63. The van der Waals surface area contributed by atoms with E-state index in [2.05, 4.69) is 15.6 Å². The fourth-order valence-electron chi connectivity index (χ4n) is 4.20. The molecule has 3 N–H and O–H groups in total. The maximum atomic E-state index is 13.5. The molecule has 0 unspecified atom stereocenters. The maximum absolute atomic E-state index is 13.5. The quantitative estimate of drug-likeness (QED) is 0.517. The molecule has 0 saturated carbocycles. The van der Waals surface area contributed by atoms with Crippen LogP contribution >= 0.6 is 0 Å². The van der Waals surface area contributed by atoms with E-state index in [9.17, 15) is 18.8 Å². The second-order valence-corrected chi connectivity index (χ2v) is 8.27. The molecule has 1 aliphatic rings. The smallest absolute Gasteiger partial charge is 0.251 e. The number of aromatic amines is 1. The van der Waals surface area contributed by atoms with Gasteiger partial charge in [0.15, 0.2) is 0 Å². The SMILES string of the molecule is O=C(NCC(=O)N1CCC[C@@H](C(=O)NCCc2c[nH]c3ccc(F)cc23)C1)c1ccccc1. The van der Waals surface area contributed by atoms with Crippen LogP contribution in [0.1, 0.15) is 28.8 Å². The Morgan fingerprint density at radius 2 is 1.91 bits per heavy atom. The summed E-state index contributed by atoms with van der Waals surface area (Å²) < 4.78 is 13.5. The summed E-state index contributed by atoms with van der Waals surface area (Å²) in [7, 11) is 0. The molecule has 8 heteroatoms. The molecule has 0 radical (unpaired) electrons. The van der Waals surface area contributed by atoms with E-state index in [4.69, 9.17) is 0 Å². The number of nitrogens with one attached hydrogen (secondary N) is 3. The zero-order chi connectivity index (χ0) is 23.2. The molecule has 3 amide bonds. The van der Waals surface area contributed by atoms with Gasteiger partial charge in [0.05, 0.1) is 12.5 Å². The standard InChI is InChI=1S/C25H27FN4O3/c26-20-8-9-22-21(13-20)18(14-28-22)10-11-27-25(33)19-7-4-12-30(16-19)23(31)15-29-24(32)17-5-2-1-3-6-17/h1-3,5-6,8-9,13-14,19,28H,4,7,10-12,15-16H2,(H,27,33)(H,29,32)/t19-/m1/s1. The molecule has 7 nitrogen and oxygen atoms in total. The average Bonchev–Trinajstić information content (AvgIpc) is 3.24. The van der Waals surface area contributed by atoms with Gasteiger partial charge in [-0.2, -0.15) is 0 Å². The summed E-state index contributed by atoms with van der Waals surface area (Å²) in [6.45, 7) is 1.24. The van der Waals surface area contributed by atoms with E-state index in [1.54, 1.807) is 35.2 Å². The van der Waals surface area contributed by atoms with Crippen LogP contribution in [0.2, 0.25) is 0 Å². The molecule has 0 aliphatic carbocycles. The Morgan fingerprint density at radius 3 is 2.73 bits per heavy atom. The lowest BCUT2D eigenvalue weighted by atomic mass is 9.97. The topological polar surface area (TPSA) is 94.3 Å². The van der Waals surface area contributed by atoms with E-state index in [0.29, 0.717) is 38.0 Å². The summed E-state index contributed by atoms with van der Waals surface area (Å²) in [5.74, 6) is -1.16. The number of likely N-dealkylation sites (tertiary alicyclic amines) is 1. The Hall–Kier alpha value is -3.68. The second kappa shape index (κ2) is 10.3. The van der Waals surface area contributed by atoms with Crippen molar-refractivity contribution in [3.63, 3.8) is 0 Å². The number of halogens is 1. The van der Waals surface area contributed by atoms with Gasteiger partial charge in [-0.15, -0.1) is 0 Å². The number of aromatic nitrogens is 1. The second-order valence-electron chi connectivity index (χ2n) is 8.27. The third-order valence-corrected chi connectivity index (χ3v) is 6.00. The first-order chi connectivity index (χ1) is 16.0. The van der Waals surface area contributed by atoms with Gasteiger partial charge in [-0.05, 0) is 55.2 Å². The lowest BCUT2D eigenvalue weighted by molar-refractivity contribution is -0.134. The van der Waals surface area contributed by atoms with Gasteiger partial charge in [0.25, 0.3) is 5.91 Å². The fraction of sp³-hybridized carbons (Fsp3) is 0.320. The molecule has 2 heterocycles. The van der Waals surface area contributed by atoms with Crippen LogP contribution in [0.4, 0.5) is 4.39 Å². The van der Waals surface area contributed by atoms with Crippen molar-refractivity contribution in [2.45, 2.75) is 19.3 Å². The lowest BCUT2D eigenvalue weighted by Crippen LogP contribution is -2.48. The molecule has 1 saturated heterocycles. The highest BCUT2D eigenvalue weighted by molar-refractivity contribution is 5.96. The molecule has 0 spiro atoms. The van der Waals surface area contributed by atoms with Crippen LogP contribution in [0.15, 0.2) is 54.7 Å². The third-order valence-electron chi connectivity index (χ3n) is 6.00. The first-order valence-corrected chi connectivity index (χ1v) is 11.2. The zero-order valence-corrected chi connectivity index (χ0v) is 18.3. The number of hydrogen-bond donors (Lipinski definition) is 3. The highest BCUT2D eigenvalue weighted by Gasteiger charge is 2.28. The number of rotatable bonds is 7. The van der Waals surface area contributed by atoms with Crippen molar-refractivity contribution in [2.75, 3.05) is 26.2 Å². The van der Waals surface area contributed by atoms with Crippen molar-refractivity contribution < 1.29 is 18.8 Å². The van der Waals surface area contributed by atoms with Crippen LogP contribution in [-0.4, -0.2) is 53.8 Å². The summed E-state index contributed by atoms with van der Waals surface area (Å²) in [4.78, 5) is 42.1. The van der Waals surface area contributed by atoms with Crippen molar-refractivity contribution in [3.8, 4) is 0 Å². The monoisotopic (exact) mass is 450 g/mol. The summed E-state index contributed by atoms with van der Waals surface area (Å²) >= 11 is 0. The largest absolute Gasteiger partial charge is 0.361 e. The van der Waals surface area contributed by atoms with Crippen molar-refractivity contribution >= 4 is 28.6 Å². The van der Waals surface area contributed by atoms with Crippen LogP contribution < -0.4 is 10.6 Å². The van der Waals surface area contributed by atoms with E-state index in [-0.39, 0.29) is 36.0 Å². The Bertz CT molecular complexity index is 1150. The van der Waals surface area contributed by atoms with Crippen molar-refractivity contribution in [2.24, 2.45) is 5.92 Å². The van der Waals surface area contributed by atoms with Crippen LogP contribution in [0.5, 0.6) is 0 Å². The summed E-state index contributed by atoms with van der Waals surface area (Å²) in [5.41, 5.74) is 2.30. The molecule has 33 heavy (non-hydrogen) atoms. The molecule has 4 rings (SSSR count). The number of hydrogen-bond acceptors (Lipinski definition) is 3. The van der Waals surface area contributed by atoms with E-state index < -0.39 is 0 Å². The van der Waals surface area contributed by atoms with Crippen molar-refractivity contribution in [1.82, 2.24) is 20.5 Å². The molecule has 1 atom stereocenters. The molecular formula is C25H27FN4O3. The number of carbonyl (C=O) groups is 3. The molecular weight excluding hydrogens is 423 g/mol. The number of fused-ring (bicyclic) bond motifs is 1. The van der Waals surface area contributed by atoms with Gasteiger partial charge in [-0.25, -0.2) is 4.39 Å². The summed E-state index contributed by atoms with van der Waals surface area (Å²) in [5, 5.41) is 6.41. The summed E-state index contributed by atoms with van der Waals surface area (Å²) in [6, 6.07) is 13.3. The lowest BCUT2D eigenvalue weighted by Gasteiger charge is -2.32. The number of piperidine rings is 1. The minimum absolute atomic E-state index is 0.0909. The Labute approximate surface area is 191 Å². The van der Waals surface area contributed by atoms with Gasteiger partial charge < -0.3 is 20.5 Å². The minimum Gasteiger partial charge on any atom is -0.361 e. The highest BCUT2D eigenvalue weighted by atomic mass is 19.1. The summed E-state index contributed by atoms with van der Waals surface area (Å²) in [6.07, 6.45) is 3.86. The van der Waals surface area contributed by atoms with E-state index in [1.807, 2.05) is 12.3 Å². The number of benzene rings is 2. The van der Waals surface area contributed by atoms with Crippen LogP contribution in [-0.2, 0) is 16.0 Å². The Kier molecular flexibility index (Phi) is 7.02. The van der Waals surface area contributed by atoms with E-state index in [1.165, 1.54) is 12.1 Å². The number of H-pyrrole nitrogens is 1. The number of carbonyl (C=O) groups excluding carboxylic acids is 3. The van der Waals surface area contributed by atoms with Gasteiger partial charge in [0.2, 0.25) is 11.8 Å². The normalized spacial score (nSPS) is 15.9. The highest BCUT2D eigenvalue weighted by Crippen LogP contribution is 2.20. The molecule has 1 fully saturated rings. The third kappa shape index (κ3) is 5.58. The average molecular weight is 451 g/mol. The van der Waals surface area contributed by atoms with Gasteiger partial charge in [0.1, 0.15) is 5.82 Å². The minimum atomic E-state index is -0.299. The van der Waals surface area contributed by atoms with Crippen molar-refractivity contribution in [1.29, 1.82) is 0 Å². The van der Waals surface area contributed by atoms with Crippen LogP contribution in [0.3, 0.4) is 0 Å². The van der Waals surface area contributed by atoms with Crippen molar-refractivity contribution in [3.05, 3.63) is 71.7 Å². The predicted molar refractivity (Wildman–Crippen MR) is 123 cm³/mol. The fourth-order valence-corrected chi connectivity index (χ4v) is 4.20. The Balaban J connectivity index is 1.24. The number of nitrogens with zero attached hydrogens (tertiary/aromatic N) is 1. The Morgan fingerprint density at radius 1 is 1.09 bits per heavy atom. The molecule has 0 bridgehead atoms. The first kappa shape index (κ1) is 22.5. The van der Waals surface area contributed by atoms with Gasteiger partial charge in [0, 0.05) is 42.3 Å². The molecule has 172 valence electrons. The molecule has 3 aromatic rings. The first-order valence-electron chi connectivity index (χ1n) is 11.2. The zero-order valence-electron chi connectivity index (χ0n) is 18.3. The number of amides is 3. The maximum Gasteiger partial charge on any atom is 0.251 e. The molecule has 1 aliphatic heterocycles. The van der Waals surface area contributed by atoms with Crippen LogP contribution in [0.25, 0.3) is 10.9 Å². The van der Waals surface area contributed by atoms with Gasteiger partial charge in [-0.1, -0.05) is 18.2 Å². The van der Waals surface area contributed by atoms with Gasteiger partial charge in [-0.3, -0.25) is 14.4 Å². The van der Waals surface area contributed by atoms with Crippen LogP contribution in [0, 0.1) is 11.7 Å². The molecule has 2 aromatic carbocycles. The molecule has 1 aromatic heterocycles.